The highest BCUT2D eigenvalue weighted by atomic mass is 32.2. The summed E-state index contributed by atoms with van der Waals surface area (Å²) in [6, 6.07) is 10.1. The number of aromatic nitrogens is 1. The summed E-state index contributed by atoms with van der Waals surface area (Å²) in [4.78, 5) is 11.6. The van der Waals surface area contributed by atoms with Crippen LogP contribution in [0.5, 0.6) is 11.5 Å². The van der Waals surface area contributed by atoms with Gasteiger partial charge in [0.15, 0.2) is 11.5 Å². The first-order chi connectivity index (χ1) is 15.2. The molecule has 2 aromatic carbocycles. The van der Waals surface area contributed by atoms with E-state index in [0.29, 0.717) is 36.3 Å². The first kappa shape index (κ1) is 22.2. The predicted molar refractivity (Wildman–Crippen MR) is 118 cm³/mol. The van der Waals surface area contributed by atoms with Crippen molar-refractivity contribution in [2.75, 3.05) is 14.2 Å². The Hall–Kier alpha value is -3.04. The first-order valence-electron chi connectivity index (χ1n) is 10.2. The average Bonchev–Trinajstić information content (AvgIpc) is 3.04. The normalized spacial score (nSPS) is 16.0. The molecular formula is C23H25NO7S. The number of methoxy groups -OCH3 is 2. The van der Waals surface area contributed by atoms with E-state index in [1.54, 1.807) is 22.8 Å². The van der Waals surface area contributed by atoms with Crippen molar-refractivity contribution in [3.63, 3.8) is 0 Å². The molecule has 0 radical (unpaired) electrons. The largest absolute Gasteiger partial charge is 0.493 e. The van der Waals surface area contributed by atoms with Crippen LogP contribution < -0.4 is 9.47 Å². The molecule has 0 saturated heterocycles. The number of rotatable bonds is 7. The van der Waals surface area contributed by atoms with Crippen molar-refractivity contribution < 1.29 is 32.0 Å². The van der Waals surface area contributed by atoms with Crippen molar-refractivity contribution in [2.45, 2.75) is 43.7 Å². The Morgan fingerprint density at radius 1 is 1.12 bits per heavy atom. The molecule has 1 aromatic heterocycles. The molecule has 1 atom stereocenters. The van der Waals surface area contributed by atoms with Gasteiger partial charge in [-0.05, 0) is 43.5 Å². The highest BCUT2D eigenvalue weighted by Crippen LogP contribution is 2.39. The number of aliphatic carboxylic acids is 1. The van der Waals surface area contributed by atoms with Gasteiger partial charge < -0.3 is 19.1 Å². The van der Waals surface area contributed by atoms with Crippen LogP contribution in [0.1, 0.15) is 23.2 Å². The van der Waals surface area contributed by atoms with Crippen LogP contribution in [0, 0.1) is 6.92 Å². The summed E-state index contributed by atoms with van der Waals surface area (Å²) in [5.41, 5.74) is 3.40. The van der Waals surface area contributed by atoms with Crippen molar-refractivity contribution >= 4 is 27.0 Å². The maximum absolute atomic E-state index is 12.8. The van der Waals surface area contributed by atoms with Gasteiger partial charge in [-0.1, -0.05) is 17.7 Å². The zero-order valence-electron chi connectivity index (χ0n) is 18.1. The van der Waals surface area contributed by atoms with E-state index in [-0.39, 0.29) is 11.4 Å². The molecule has 0 fully saturated rings. The van der Waals surface area contributed by atoms with E-state index in [4.69, 9.17) is 13.7 Å². The molecular weight excluding hydrogens is 434 g/mol. The third-order valence-electron chi connectivity index (χ3n) is 5.79. The number of carbonyl (C=O) groups is 1. The Kier molecular flexibility index (Phi) is 5.87. The standard InChI is InChI=1S/C23H25NO7S/c1-14-4-7-16(8-5-14)32(27,28)31-15-6-9-19-17(10-15)18-11-21(29-2)22(30-3)12-20(18)24(19)13-23(25)26/h4-5,7-8,11-12,15H,6,9-10,13H2,1-3H3,(H,25,26). The van der Waals surface area contributed by atoms with Gasteiger partial charge in [0.1, 0.15) is 6.54 Å². The highest BCUT2D eigenvalue weighted by molar-refractivity contribution is 7.86. The second kappa shape index (κ2) is 8.48. The van der Waals surface area contributed by atoms with Crippen molar-refractivity contribution in [3.8, 4) is 11.5 Å². The summed E-state index contributed by atoms with van der Waals surface area (Å²) in [6.45, 7) is 1.69. The molecule has 0 spiro atoms. The lowest BCUT2D eigenvalue weighted by Crippen LogP contribution is -2.26. The number of ether oxygens (including phenoxy) is 2. The van der Waals surface area contributed by atoms with Crippen LogP contribution in [0.3, 0.4) is 0 Å². The molecule has 4 rings (SSSR count). The molecule has 32 heavy (non-hydrogen) atoms. The van der Waals surface area contributed by atoms with Crippen LogP contribution in [-0.4, -0.2) is 44.4 Å². The van der Waals surface area contributed by atoms with Gasteiger partial charge in [-0.15, -0.1) is 0 Å². The number of hydrogen-bond acceptors (Lipinski definition) is 6. The molecule has 3 aromatic rings. The highest BCUT2D eigenvalue weighted by Gasteiger charge is 2.31. The summed E-state index contributed by atoms with van der Waals surface area (Å²) < 4.78 is 43.7. The summed E-state index contributed by atoms with van der Waals surface area (Å²) in [5, 5.41) is 10.2. The lowest BCUT2D eigenvalue weighted by atomic mass is 9.93. The average molecular weight is 460 g/mol. The number of fused-ring (bicyclic) bond motifs is 3. The number of carboxylic acids is 1. The van der Waals surface area contributed by atoms with Crippen molar-refractivity contribution in [3.05, 3.63) is 53.2 Å². The number of benzene rings is 2. The smallest absolute Gasteiger partial charge is 0.323 e. The quantitative estimate of drug-likeness (QED) is 0.541. The van der Waals surface area contributed by atoms with Crippen LogP contribution in [0.15, 0.2) is 41.3 Å². The maximum Gasteiger partial charge on any atom is 0.323 e. The summed E-state index contributed by atoms with van der Waals surface area (Å²) in [7, 11) is -0.860. The Bertz CT molecular complexity index is 1280. The molecule has 9 heteroatoms. The Morgan fingerprint density at radius 2 is 1.78 bits per heavy atom. The van der Waals surface area contributed by atoms with Crippen LogP contribution in [0.4, 0.5) is 0 Å². The zero-order chi connectivity index (χ0) is 23.0. The second-order valence-corrected chi connectivity index (χ2v) is 9.43. The fraction of sp³-hybridized carbons (Fsp3) is 0.348. The van der Waals surface area contributed by atoms with E-state index in [2.05, 4.69) is 0 Å². The SMILES string of the molecule is COc1cc2c3c(n(CC(=O)O)c2cc1OC)CCC(OS(=O)(=O)c1ccc(C)cc1)C3. The minimum Gasteiger partial charge on any atom is -0.493 e. The third kappa shape index (κ3) is 4.05. The van der Waals surface area contributed by atoms with E-state index in [9.17, 15) is 18.3 Å². The monoisotopic (exact) mass is 459 g/mol. The van der Waals surface area contributed by atoms with Crippen LogP contribution in [0.25, 0.3) is 10.9 Å². The molecule has 0 amide bonds. The van der Waals surface area contributed by atoms with Gasteiger partial charge in [0.05, 0.1) is 30.7 Å². The molecule has 1 N–H and O–H groups in total. The molecule has 0 aliphatic heterocycles. The Labute approximate surface area is 186 Å². The van der Waals surface area contributed by atoms with Crippen LogP contribution >= 0.6 is 0 Å². The van der Waals surface area contributed by atoms with Crippen LogP contribution in [0.2, 0.25) is 0 Å². The summed E-state index contributed by atoms with van der Waals surface area (Å²) in [5.74, 6) is 0.0571. The zero-order valence-corrected chi connectivity index (χ0v) is 18.9. The van der Waals surface area contributed by atoms with E-state index in [0.717, 1.165) is 22.2 Å². The van der Waals surface area contributed by atoms with Gasteiger partial charge in [0, 0.05) is 23.6 Å². The van der Waals surface area contributed by atoms with Gasteiger partial charge >= 0.3 is 5.97 Å². The topological polar surface area (TPSA) is 104 Å². The lowest BCUT2D eigenvalue weighted by molar-refractivity contribution is -0.137. The molecule has 1 aliphatic rings. The van der Waals surface area contributed by atoms with Gasteiger partial charge in [-0.2, -0.15) is 8.42 Å². The first-order valence-corrected chi connectivity index (χ1v) is 11.6. The molecule has 1 aliphatic carbocycles. The molecule has 170 valence electrons. The van der Waals surface area contributed by atoms with E-state index in [1.807, 2.05) is 13.0 Å². The molecule has 0 saturated carbocycles. The predicted octanol–water partition coefficient (Wildman–Crippen LogP) is 3.31. The number of aryl methyl sites for hydroxylation is 1. The van der Waals surface area contributed by atoms with E-state index >= 15 is 0 Å². The van der Waals surface area contributed by atoms with Crippen LogP contribution in [-0.2, 0) is 38.5 Å². The molecule has 1 unspecified atom stereocenters. The fourth-order valence-corrected chi connectivity index (χ4v) is 5.38. The summed E-state index contributed by atoms with van der Waals surface area (Å²) >= 11 is 0. The van der Waals surface area contributed by atoms with Gasteiger partial charge in [0.2, 0.25) is 0 Å². The number of nitrogens with zero attached hydrogens (tertiary/aromatic N) is 1. The van der Waals surface area contributed by atoms with E-state index in [1.165, 1.54) is 26.4 Å². The van der Waals surface area contributed by atoms with Gasteiger partial charge in [-0.3, -0.25) is 8.98 Å². The Balaban J connectivity index is 1.73. The fourth-order valence-electron chi connectivity index (χ4n) is 4.28. The summed E-state index contributed by atoms with van der Waals surface area (Å²) in [6.07, 6.45) is 0.753. The molecule has 0 bridgehead atoms. The Morgan fingerprint density at radius 3 is 2.41 bits per heavy atom. The number of carboxylic acid groups (broad SMARTS) is 1. The molecule has 1 heterocycles. The third-order valence-corrected chi connectivity index (χ3v) is 7.17. The van der Waals surface area contributed by atoms with Crippen molar-refractivity contribution in [2.24, 2.45) is 0 Å². The number of hydrogen-bond donors (Lipinski definition) is 1. The van der Waals surface area contributed by atoms with Gasteiger partial charge in [0.25, 0.3) is 10.1 Å². The maximum atomic E-state index is 12.8. The van der Waals surface area contributed by atoms with E-state index < -0.39 is 22.2 Å². The van der Waals surface area contributed by atoms with Crippen molar-refractivity contribution in [1.82, 2.24) is 4.57 Å². The van der Waals surface area contributed by atoms with Gasteiger partial charge in [-0.25, -0.2) is 0 Å². The minimum atomic E-state index is -3.91. The second-order valence-electron chi connectivity index (χ2n) is 7.86. The minimum absolute atomic E-state index is 0.119. The van der Waals surface area contributed by atoms with Crippen molar-refractivity contribution in [1.29, 1.82) is 0 Å². The molecule has 8 nitrogen and oxygen atoms in total. The lowest BCUT2D eigenvalue weighted by Gasteiger charge is -2.23.